The molecular formula is C49H31N5Pt. The van der Waals surface area contributed by atoms with Gasteiger partial charge in [0.25, 0.3) is 0 Å². The summed E-state index contributed by atoms with van der Waals surface area (Å²) in [5, 5.41) is 4.58. The molecule has 0 fully saturated rings. The third-order valence-corrected chi connectivity index (χ3v) is 10.6. The molecule has 262 valence electrons. The van der Waals surface area contributed by atoms with E-state index in [-0.39, 0.29) is 21.1 Å². The summed E-state index contributed by atoms with van der Waals surface area (Å²) in [7, 11) is 0. The Balaban J connectivity index is 0.00000372. The van der Waals surface area contributed by atoms with Gasteiger partial charge in [-0.1, -0.05) is 132 Å². The van der Waals surface area contributed by atoms with Gasteiger partial charge in [-0.15, -0.1) is 34.8 Å². The van der Waals surface area contributed by atoms with Crippen molar-refractivity contribution >= 4 is 54.6 Å². The van der Waals surface area contributed by atoms with Crippen LogP contribution in [0.25, 0.3) is 88.7 Å². The van der Waals surface area contributed by atoms with Crippen LogP contribution in [0, 0.1) is 6.07 Å². The summed E-state index contributed by atoms with van der Waals surface area (Å²) in [4.78, 5) is 15.5. The van der Waals surface area contributed by atoms with Gasteiger partial charge >= 0.3 is 21.1 Å². The van der Waals surface area contributed by atoms with Gasteiger partial charge in [0.1, 0.15) is 11.6 Å². The topological polar surface area (TPSA) is 49.7 Å². The maximum Gasteiger partial charge on any atom is 2.00 e. The quantitative estimate of drug-likeness (QED) is 0.156. The van der Waals surface area contributed by atoms with E-state index in [2.05, 4.69) is 167 Å². The van der Waals surface area contributed by atoms with Crippen LogP contribution in [0.5, 0.6) is 0 Å². The van der Waals surface area contributed by atoms with Crippen LogP contribution in [0.1, 0.15) is 11.1 Å². The number of aromatic nitrogens is 5. The molecule has 0 aliphatic heterocycles. The zero-order chi connectivity index (χ0) is 35.6. The van der Waals surface area contributed by atoms with Crippen LogP contribution in [-0.4, -0.2) is 19.1 Å². The van der Waals surface area contributed by atoms with E-state index in [9.17, 15) is 0 Å². The number of nitrogens with zero attached hydrogens (tertiary/aromatic N) is 5. The van der Waals surface area contributed by atoms with Gasteiger partial charge in [-0.2, -0.15) is 0 Å². The summed E-state index contributed by atoms with van der Waals surface area (Å²) in [5.41, 5.74) is 12.5. The van der Waals surface area contributed by atoms with Crippen LogP contribution in [0.2, 0.25) is 0 Å². The van der Waals surface area contributed by atoms with Gasteiger partial charge in [-0.05, 0) is 75.6 Å². The van der Waals surface area contributed by atoms with E-state index in [0.29, 0.717) is 0 Å². The normalized spacial score (nSPS) is 11.6. The molecule has 0 amide bonds. The predicted octanol–water partition coefficient (Wildman–Crippen LogP) is 11.5. The van der Waals surface area contributed by atoms with Gasteiger partial charge in [0, 0.05) is 23.0 Å². The average molecular weight is 885 g/mol. The number of imidazole rings is 1. The molecule has 0 aliphatic rings. The summed E-state index contributed by atoms with van der Waals surface area (Å²) < 4.78 is 4.52. The minimum Gasteiger partial charge on any atom is -0.656 e. The van der Waals surface area contributed by atoms with Crippen molar-refractivity contribution in [2.75, 3.05) is 0 Å². The summed E-state index contributed by atoms with van der Waals surface area (Å²) >= 11 is 0. The van der Waals surface area contributed by atoms with Crippen molar-refractivity contribution in [2.24, 2.45) is 0 Å². The standard InChI is InChI=1S/C49H31N5.Pt/c1-3-13-32(14-4-1)29-33-24-26-38-39-27-25-34(31-45(39)54(44(38)30-33)46-23-9-10-28-50-46)36-18-12-22-43-48(36)52-49(53(43)35-15-5-2-6-16-35)41-20-11-19-40-37-17-7-8-21-42(37)51-47(40)41;/h1-28,30H,29H2;/q-2;+2. The van der Waals surface area contributed by atoms with Crippen molar-refractivity contribution in [1.29, 1.82) is 0 Å². The van der Waals surface area contributed by atoms with Crippen molar-refractivity contribution < 1.29 is 21.1 Å². The van der Waals surface area contributed by atoms with Gasteiger partial charge in [0.2, 0.25) is 0 Å². The third kappa shape index (κ3) is 5.42. The first kappa shape index (κ1) is 33.0. The van der Waals surface area contributed by atoms with Gasteiger partial charge in [0.05, 0.1) is 11.0 Å². The van der Waals surface area contributed by atoms with Crippen LogP contribution < -0.4 is 4.98 Å². The first-order chi connectivity index (χ1) is 26.8. The van der Waals surface area contributed by atoms with Crippen molar-refractivity contribution in [3.8, 4) is 34.0 Å². The van der Waals surface area contributed by atoms with Crippen LogP contribution in [0.15, 0.2) is 176 Å². The van der Waals surface area contributed by atoms with E-state index < -0.39 is 0 Å². The molecule has 0 spiro atoms. The molecule has 0 saturated carbocycles. The second-order valence-electron chi connectivity index (χ2n) is 13.8. The van der Waals surface area contributed by atoms with E-state index in [1.165, 1.54) is 16.5 Å². The molecule has 11 rings (SSSR count). The molecule has 5 nitrogen and oxygen atoms in total. The fourth-order valence-electron chi connectivity index (χ4n) is 8.13. The van der Waals surface area contributed by atoms with E-state index in [1.54, 1.807) is 0 Å². The number of rotatable bonds is 6. The third-order valence-electron chi connectivity index (χ3n) is 10.6. The van der Waals surface area contributed by atoms with Crippen molar-refractivity contribution in [3.63, 3.8) is 0 Å². The monoisotopic (exact) mass is 884 g/mol. The number of para-hydroxylation sites is 4. The average Bonchev–Trinajstić information content (AvgIpc) is 3.91. The van der Waals surface area contributed by atoms with Crippen molar-refractivity contribution in [3.05, 3.63) is 193 Å². The smallest absolute Gasteiger partial charge is 0.656 e. The number of hydrogen-bond donors (Lipinski definition) is 0. The first-order valence-corrected chi connectivity index (χ1v) is 18.2. The van der Waals surface area contributed by atoms with Gasteiger partial charge in [0.15, 0.2) is 0 Å². The molecule has 0 aliphatic carbocycles. The number of fused-ring (bicyclic) bond motifs is 7. The second kappa shape index (κ2) is 13.4. The molecule has 0 saturated heterocycles. The molecule has 6 heteroatoms. The van der Waals surface area contributed by atoms with Crippen LogP contribution in [0.3, 0.4) is 0 Å². The summed E-state index contributed by atoms with van der Waals surface area (Å²) in [5.74, 6) is 1.71. The van der Waals surface area contributed by atoms with Crippen molar-refractivity contribution in [1.82, 2.24) is 24.1 Å². The largest absolute Gasteiger partial charge is 2.00 e. The van der Waals surface area contributed by atoms with Crippen LogP contribution >= 0.6 is 0 Å². The molecular weight excluding hydrogens is 854 g/mol. The van der Waals surface area contributed by atoms with E-state index >= 15 is 0 Å². The van der Waals surface area contributed by atoms with E-state index in [1.807, 2.05) is 24.4 Å². The Morgan fingerprint density at radius 1 is 0.545 bits per heavy atom. The van der Waals surface area contributed by atoms with Crippen LogP contribution in [-0.2, 0) is 27.5 Å². The number of pyridine rings is 1. The molecule has 55 heavy (non-hydrogen) atoms. The van der Waals surface area contributed by atoms with Crippen LogP contribution in [0.4, 0.5) is 0 Å². The minimum absolute atomic E-state index is 0. The van der Waals surface area contributed by atoms with Gasteiger partial charge < -0.3 is 9.55 Å². The predicted molar refractivity (Wildman–Crippen MR) is 220 cm³/mol. The zero-order valence-electron chi connectivity index (χ0n) is 29.5. The molecule has 0 unspecified atom stereocenters. The Kier molecular flexibility index (Phi) is 8.04. The Morgan fingerprint density at radius 2 is 1.29 bits per heavy atom. The fraction of sp³-hybridized carbons (Fsp3) is 0.0204. The SMILES string of the molecule is [Pt+2].[c-]1c(-c2cccc3c2nc(-c2cccc4c2[n-]c2ccccc24)n3-c2ccccc2)ccc2c3ccc(Cc4ccccc4)cc3n(-c3ccccn3)c12. The van der Waals surface area contributed by atoms with Gasteiger partial charge in [-0.25, -0.2) is 9.97 Å². The number of hydrogen-bond acceptors (Lipinski definition) is 2. The molecule has 0 bridgehead atoms. The minimum atomic E-state index is 0. The zero-order valence-corrected chi connectivity index (χ0v) is 31.8. The number of benzene rings is 7. The van der Waals surface area contributed by atoms with E-state index in [0.717, 1.165) is 89.7 Å². The van der Waals surface area contributed by atoms with Gasteiger partial charge in [-0.3, -0.25) is 4.57 Å². The summed E-state index contributed by atoms with van der Waals surface area (Å²) in [6.07, 6.45) is 2.71. The molecule has 11 aromatic rings. The van der Waals surface area contributed by atoms with Crippen molar-refractivity contribution in [2.45, 2.75) is 6.42 Å². The molecule has 4 heterocycles. The Hall–Kier alpha value is -6.55. The Morgan fingerprint density at radius 3 is 2.15 bits per heavy atom. The first-order valence-electron chi connectivity index (χ1n) is 18.2. The molecule has 0 N–H and O–H groups in total. The molecule has 0 atom stereocenters. The Bertz CT molecular complexity index is 3180. The second-order valence-corrected chi connectivity index (χ2v) is 13.8. The maximum absolute atomic E-state index is 5.49. The summed E-state index contributed by atoms with van der Waals surface area (Å²) in [6, 6.07) is 63.5. The summed E-state index contributed by atoms with van der Waals surface area (Å²) in [6.45, 7) is 0. The maximum atomic E-state index is 5.49. The molecule has 0 radical (unpaired) electrons. The fourth-order valence-corrected chi connectivity index (χ4v) is 8.13. The molecule has 7 aromatic carbocycles. The molecule has 4 aromatic heterocycles. The Labute approximate surface area is 331 Å². The van der Waals surface area contributed by atoms with E-state index in [4.69, 9.17) is 15.0 Å².